The first-order valence-electron chi connectivity index (χ1n) is 23.3. The molecule has 0 atom stereocenters. The molecule has 69 heavy (non-hydrogen) atoms. The Hall–Kier alpha value is -8.97. The highest BCUT2D eigenvalue weighted by molar-refractivity contribution is 7.26. The van der Waals surface area contributed by atoms with Crippen molar-refractivity contribution in [3.8, 4) is 67.8 Å². The molecular formula is C63H39N5S. The second kappa shape index (κ2) is 15.8. The molecule has 322 valence electrons. The number of hydrogen-bond donors (Lipinski definition) is 0. The summed E-state index contributed by atoms with van der Waals surface area (Å²) >= 11 is 1.86. The lowest BCUT2D eigenvalue weighted by atomic mass is 9.98. The van der Waals surface area contributed by atoms with E-state index in [9.17, 15) is 0 Å². The summed E-state index contributed by atoms with van der Waals surface area (Å²) in [4.78, 5) is 15.5. The van der Waals surface area contributed by atoms with Crippen molar-refractivity contribution in [2.75, 3.05) is 0 Å². The van der Waals surface area contributed by atoms with E-state index in [1.165, 1.54) is 69.4 Å². The largest absolute Gasteiger partial charge is 0.309 e. The fourth-order valence-corrected chi connectivity index (χ4v) is 11.5. The first-order chi connectivity index (χ1) is 34.2. The van der Waals surface area contributed by atoms with Crippen molar-refractivity contribution in [1.82, 2.24) is 24.1 Å². The van der Waals surface area contributed by atoms with Crippen LogP contribution in [0.4, 0.5) is 0 Å². The molecule has 0 aliphatic rings. The van der Waals surface area contributed by atoms with Crippen molar-refractivity contribution in [3.63, 3.8) is 0 Å². The highest BCUT2D eigenvalue weighted by Crippen LogP contribution is 2.45. The first kappa shape index (κ1) is 39.2. The summed E-state index contributed by atoms with van der Waals surface area (Å²) in [6.07, 6.45) is 0. The maximum atomic E-state index is 5.23. The quantitative estimate of drug-likeness (QED) is 0.160. The number of hydrogen-bond acceptors (Lipinski definition) is 4. The van der Waals surface area contributed by atoms with Gasteiger partial charge in [-0.05, 0) is 76.9 Å². The van der Waals surface area contributed by atoms with E-state index in [1.807, 2.05) is 29.5 Å². The fourth-order valence-electron chi connectivity index (χ4n) is 10.3. The number of nitrogens with zero attached hydrogens (tertiary/aromatic N) is 5. The van der Waals surface area contributed by atoms with E-state index in [0.29, 0.717) is 17.5 Å². The Morgan fingerprint density at radius 3 is 1.45 bits per heavy atom. The summed E-state index contributed by atoms with van der Waals surface area (Å²) in [7, 11) is 0. The number of aromatic nitrogens is 5. The third kappa shape index (κ3) is 6.49. The van der Waals surface area contributed by atoms with Gasteiger partial charge in [0, 0.05) is 65.1 Å². The van der Waals surface area contributed by atoms with E-state index in [-0.39, 0.29) is 0 Å². The molecule has 0 saturated carbocycles. The maximum absolute atomic E-state index is 5.23. The van der Waals surface area contributed by atoms with Gasteiger partial charge in [0.25, 0.3) is 0 Å². The van der Waals surface area contributed by atoms with Gasteiger partial charge in [0.05, 0.1) is 26.8 Å². The van der Waals surface area contributed by atoms with Crippen LogP contribution in [0.3, 0.4) is 0 Å². The third-order valence-corrected chi connectivity index (χ3v) is 14.8. The summed E-state index contributed by atoms with van der Waals surface area (Å²) in [5.74, 6) is 1.88. The van der Waals surface area contributed by atoms with Crippen molar-refractivity contribution in [2.45, 2.75) is 0 Å². The number of fused-ring (bicyclic) bond motifs is 10. The molecular weight excluding hydrogens is 859 g/mol. The zero-order valence-corrected chi connectivity index (χ0v) is 38.0. The molecule has 4 aromatic heterocycles. The number of thiophene rings is 1. The molecule has 0 radical (unpaired) electrons. The van der Waals surface area contributed by atoms with E-state index >= 15 is 0 Å². The smallest absolute Gasteiger partial charge is 0.164 e. The molecule has 0 N–H and O–H groups in total. The van der Waals surface area contributed by atoms with Crippen LogP contribution in [-0.2, 0) is 0 Å². The number of para-hydroxylation sites is 3. The summed E-state index contributed by atoms with van der Waals surface area (Å²) in [5.41, 5.74) is 14.4. The SMILES string of the molecule is c1ccc(-c2cccc(-c3ccc(-c4nc(-c5ccccc5)nc(-c5ccc6c7ccc8c9cc(-n%10c%11ccccc%11c%11ccccc%11%10)ccc9sc8c7n(-c7ccccc7)c6c5)n4)cc3)c2)cc1. The van der Waals surface area contributed by atoms with Crippen LogP contribution in [0.5, 0.6) is 0 Å². The number of rotatable bonds is 7. The minimum absolute atomic E-state index is 0.620. The molecule has 5 nitrogen and oxygen atoms in total. The molecule has 0 bridgehead atoms. The summed E-state index contributed by atoms with van der Waals surface area (Å²) in [5, 5.41) is 7.40. The van der Waals surface area contributed by atoms with Crippen LogP contribution in [0.1, 0.15) is 0 Å². The molecule has 0 aliphatic heterocycles. The van der Waals surface area contributed by atoms with E-state index in [4.69, 9.17) is 15.0 Å². The average molecular weight is 898 g/mol. The lowest BCUT2D eigenvalue weighted by Crippen LogP contribution is -2.00. The van der Waals surface area contributed by atoms with Gasteiger partial charge in [-0.15, -0.1) is 11.3 Å². The van der Waals surface area contributed by atoms with E-state index in [2.05, 4.69) is 228 Å². The monoisotopic (exact) mass is 897 g/mol. The molecule has 0 saturated heterocycles. The topological polar surface area (TPSA) is 48.5 Å². The van der Waals surface area contributed by atoms with Crippen LogP contribution in [0.25, 0.3) is 132 Å². The lowest BCUT2D eigenvalue weighted by Gasteiger charge is -2.11. The second-order valence-electron chi connectivity index (χ2n) is 17.6. The molecule has 0 fully saturated rings. The molecule has 0 spiro atoms. The van der Waals surface area contributed by atoms with Crippen molar-refractivity contribution in [3.05, 3.63) is 237 Å². The van der Waals surface area contributed by atoms with Gasteiger partial charge >= 0.3 is 0 Å². The summed E-state index contributed by atoms with van der Waals surface area (Å²) < 4.78 is 7.36. The van der Waals surface area contributed by atoms with Gasteiger partial charge in [0.1, 0.15) is 0 Å². The van der Waals surface area contributed by atoms with Gasteiger partial charge in [-0.2, -0.15) is 0 Å². The maximum Gasteiger partial charge on any atom is 0.164 e. The minimum atomic E-state index is 0.620. The number of benzene rings is 10. The van der Waals surface area contributed by atoms with Crippen LogP contribution in [0.2, 0.25) is 0 Å². The van der Waals surface area contributed by atoms with Crippen LogP contribution in [0, 0.1) is 0 Å². The van der Waals surface area contributed by atoms with Gasteiger partial charge < -0.3 is 9.13 Å². The van der Waals surface area contributed by atoms with Gasteiger partial charge in [0.2, 0.25) is 0 Å². The predicted molar refractivity (Wildman–Crippen MR) is 289 cm³/mol. The van der Waals surface area contributed by atoms with Crippen LogP contribution >= 0.6 is 11.3 Å². The Balaban J connectivity index is 0.922. The Kier molecular flexibility index (Phi) is 9.00. The van der Waals surface area contributed by atoms with E-state index in [0.717, 1.165) is 44.7 Å². The standard InChI is InChI=1S/C63H39N5S/c1-4-15-40(16-5-1)44-19-14-20-45(37-44)41-27-29-43(30-28-41)62-64-61(42-17-6-2-7-18-42)65-63(66-62)46-31-33-51-52-34-35-53-54-39-48(67-55-25-12-10-23-49(55)50-24-11-13-26-56(50)67)32-36-58(54)69-60(53)59(52)68(57(51)38-46)47-21-8-3-9-22-47/h1-39H. The first-order valence-corrected chi connectivity index (χ1v) is 24.1. The van der Waals surface area contributed by atoms with Crippen molar-refractivity contribution in [1.29, 1.82) is 0 Å². The normalized spacial score (nSPS) is 11.8. The van der Waals surface area contributed by atoms with E-state index in [1.54, 1.807) is 0 Å². The summed E-state index contributed by atoms with van der Waals surface area (Å²) in [6.45, 7) is 0. The Morgan fingerprint density at radius 2 is 0.768 bits per heavy atom. The molecule has 0 unspecified atom stereocenters. The van der Waals surface area contributed by atoms with Crippen molar-refractivity contribution >= 4 is 75.1 Å². The lowest BCUT2D eigenvalue weighted by molar-refractivity contribution is 1.07. The summed E-state index contributed by atoms with van der Waals surface area (Å²) in [6, 6.07) is 84.4. The Bertz CT molecular complexity index is 4230. The molecule has 4 heterocycles. The zero-order chi connectivity index (χ0) is 45.4. The van der Waals surface area contributed by atoms with Gasteiger partial charge in [-0.1, -0.05) is 182 Å². The van der Waals surface area contributed by atoms with Crippen molar-refractivity contribution in [2.24, 2.45) is 0 Å². The van der Waals surface area contributed by atoms with Gasteiger partial charge in [0.15, 0.2) is 17.5 Å². The Labute approximate surface area is 401 Å². The van der Waals surface area contributed by atoms with Crippen molar-refractivity contribution < 1.29 is 0 Å². The predicted octanol–water partition coefficient (Wildman–Crippen LogP) is 16.8. The van der Waals surface area contributed by atoms with Crippen LogP contribution in [0.15, 0.2) is 237 Å². The molecule has 0 amide bonds. The molecule has 14 aromatic rings. The Morgan fingerprint density at radius 1 is 0.275 bits per heavy atom. The average Bonchev–Trinajstić information content (AvgIpc) is 4.09. The van der Waals surface area contributed by atoms with Crippen LogP contribution in [-0.4, -0.2) is 24.1 Å². The molecule has 10 aromatic carbocycles. The molecule has 6 heteroatoms. The fraction of sp³-hybridized carbons (Fsp3) is 0. The highest BCUT2D eigenvalue weighted by atomic mass is 32.1. The van der Waals surface area contributed by atoms with Gasteiger partial charge in [-0.3, -0.25) is 0 Å². The van der Waals surface area contributed by atoms with Gasteiger partial charge in [-0.25, -0.2) is 15.0 Å². The zero-order valence-electron chi connectivity index (χ0n) is 37.2. The molecule has 0 aliphatic carbocycles. The second-order valence-corrected chi connectivity index (χ2v) is 18.6. The third-order valence-electron chi connectivity index (χ3n) is 13.6. The van der Waals surface area contributed by atoms with E-state index < -0.39 is 0 Å². The highest BCUT2D eigenvalue weighted by Gasteiger charge is 2.21. The van der Waals surface area contributed by atoms with Crippen LogP contribution < -0.4 is 0 Å². The molecule has 14 rings (SSSR count). The minimum Gasteiger partial charge on any atom is -0.309 e.